The summed E-state index contributed by atoms with van der Waals surface area (Å²) < 4.78 is 13.4. The van der Waals surface area contributed by atoms with Crippen molar-refractivity contribution in [3.8, 4) is 17.1 Å². The third-order valence-corrected chi connectivity index (χ3v) is 3.97. The van der Waals surface area contributed by atoms with Crippen molar-refractivity contribution in [1.82, 2.24) is 14.5 Å². The molecule has 3 heterocycles. The first-order valence-corrected chi connectivity index (χ1v) is 9.30. The molecule has 0 radical (unpaired) electrons. The highest BCUT2D eigenvalue weighted by atomic mass is 16.5. The van der Waals surface area contributed by atoms with Crippen molar-refractivity contribution in [2.45, 2.75) is 40.3 Å². The molecule has 1 aliphatic rings. The lowest BCUT2D eigenvalue weighted by atomic mass is 10.2. The predicted molar refractivity (Wildman–Crippen MR) is 111 cm³/mol. The smallest absolute Gasteiger partial charge is 0.177 e. The second kappa shape index (κ2) is 8.24. The standard InChI is InChI=1S/C20H26N6O2/c1-6-27-13(4)16-9-15-18(10-22-16)28-8-7-26-11-17(25-20(15)26)19(23-12(2)3)24-14(5)21/h9-12H,4,6-8H2,1-3,5H3,(H2,21,23,24). The number of aliphatic imine (C=N–C) groups is 2. The molecular weight excluding hydrogens is 356 g/mol. The van der Waals surface area contributed by atoms with Crippen molar-refractivity contribution in [2.24, 2.45) is 15.7 Å². The number of aromatic nitrogens is 3. The summed E-state index contributed by atoms with van der Waals surface area (Å²) in [5.74, 6) is 2.90. The topological polar surface area (TPSA) is 99.9 Å². The fraction of sp³-hybridized carbons (Fsp3) is 0.400. The number of imidazole rings is 1. The first-order valence-electron chi connectivity index (χ1n) is 9.30. The molecule has 2 aromatic rings. The molecule has 0 amide bonds. The van der Waals surface area contributed by atoms with E-state index in [0.29, 0.717) is 54.3 Å². The van der Waals surface area contributed by atoms with Crippen molar-refractivity contribution in [2.75, 3.05) is 13.2 Å². The molecule has 8 nitrogen and oxygen atoms in total. The summed E-state index contributed by atoms with van der Waals surface area (Å²) in [7, 11) is 0. The van der Waals surface area contributed by atoms with E-state index in [4.69, 9.17) is 20.2 Å². The summed E-state index contributed by atoms with van der Waals surface area (Å²) in [4.78, 5) is 18.1. The largest absolute Gasteiger partial charge is 0.492 e. The van der Waals surface area contributed by atoms with E-state index < -0.39 is 0 Å². The van der Waals surface area contributed by atoms with Crippen LogP contribution in [0.1, 0.15) is 39.1 Å². The van der Waals surface area contributed by atoms with Gasteiger partial charge < -0.3 is 19.8 Å². The number of nitrogens with two attached hydrogens (primary N) is 1. The third kappa shape index (κ3) is 4.21. The zero-order valence-electron chi connectivity index (χ0n) is 16.8. The van der Waals surface area contributed by atoms with Gasteiger partial charge in [-0.1, -0.05) is 6.58 Å². The predicted octanol–water partition coefficient (Wildman–Crippen LogP) is 2.88. The number of amidine groups is 2. The maximum atomic E-state index is 5.84. The molecule has 0 spiro atoms. The molecule has 2 N–H and O–H groups in total. The minimum Gasteiger partial charge on any atom is -0.492 e. The lowest BCUT2D eigenvalue weighted by Gasteiger charge is -2.10. The van der Waals surface area contributed by atoms with Gasteiger partial charge in [-0.05, 0) is 33.8 Å². The Kier molecular flexibility index (Phi) is 5.77. The molecule has 0 fully saturated rings. The van der Waals surface area contributed by atoms with Crippen LogP contribution in [0.2, 0.25) is 0 Å². The minimum atomic E-state index is 0.0699. The zero-order valence-corrected chi connectivity index (χ0v) is 16.8. The summed E-state index contributed by atoms with van der Waals surface area (Å²) >= 11 is 0. The van der Waals surface area contributed by atoms with Gasteiger partial charge in [-0.2, -0.15) is 0 Å². The number of ether oxygens (including phenoxy) is 2. The molecule has 0 atom stereocenters. The highest BCUT2D eigenvalue weighted by molar-refractivity contribution is 6.04. The molecule has 0 aliphatic carbocycles. The van der Waals surface area contributed by atoms with Gasteiger partial charge in [0.05, 0.1) is 30.7 Å². The van der Waals surface area contributed by atoms with Crippen LogP contribution in [0.25, 0.3) is 17.1 Å². The third-order valence-electron chi connectivity index (χ3n) is 3.97. The van der Waals surface area contributed by atoms with Gasteiger partial charge in [0.25, 0.3) is 0 Å². The fourth-order valence-electron chi connectivity index (χ4n) is 2.86. The van der Waals surface area contributed by atoms with Crippen LogP contribution >= 0.6 is 0 Å². The summed E-state index contributed by atoms with van der Waals surface area (Å²) in [6.45, 7) is 13.2. The fourth-order valence-corrected chi connectivity index (χ4v) is 2.86. The summed E-state index contributed by atoms with van der Waals surface area (Å²) in [6, 6.07) is 1.96. The molecule has 8 heteroatoms. The Hall–Kier alpha value is -3.16. The molecule has 1 aliphatic heterocycles. The van der Waals surface area contributed by atoms with Gasteiger partial charge in [0.2, 0.25) is 0 Å². The van der Waals surface area contributed by atoms with Crippen LogP contribution in [0.15, 0.2) is 35.0 Å². The molecular formula is C20H26N6O2. The molecule has 0 saturated heterocycles. The summed E-state index contributed by atoms with van der Waals surface area (Å²) in [5, 5.41) is 0. The van der Waals surface area contributed by atoms with Gasteiger partial charge in [0.1, 0.15) is 35.3 Å². The van der Waals surface area contributed by atoms with Crippen LogP contribution in [0.5, 0.6) is 5.75 Å². The van der Waals surface area contributed by atoms with Gasteiger partial charge in [0.15, 0.2) is 5.84 Å². The van der Waals surface area contributed by atoms with E-state index in [-0.39, 0.29) is 6.04 Å². The van der Waals surface area contributed by atoms with Crippen molar-refractivity contribution in [1.29, 1.82) is 0 Å². The number of fused-ring (bicyclic) bond motifs is 3. The first kappa shape index (κ1) is 19.6. The van der Waals surface area contributed by atoms with E-state index in [1.54, 1.807) is 13.1 Å². The second-order valence-electron chi connectivity index (χ2n) is 6.71. The number of pyridine rings is 1. The van der Waals surface area contributed by atoms with E-state index in [1.807, 2.05) is 37.6 Å². The van der Waals surface area contributed by atoms with Crippen LogP contribution in [0.3, 0.4) is 0 Å². The Morgan fingerprint density at radius 1 is 1.43 bits per heavy atom. The molecule has 148 valence electrons. The highest BCUT2D eigenvalue weighted by Crippen LogP contribution is 2.33. The molecule has 3 rings (SSSR count). The average molecular weight is 382 g/mol. The molecule has 28 heavy (non-hydrogen) atoms. The van der Waals surface area contributed by atoms with E-state index in [2.05, 4.69) is 21.5 Å². The quantitative estimate of drug-likeness (QED) is 0.487. The lowest BCUT2D eigenvalue weighted by molar-refractivity contribution is 0.296. The van der Waals surface area contributed by atoms with Crippen LogP contribution in [-0.2, 0) is 11.3 Å². The maximum absolute atomic E-state index is 5.84. The molecule has 0 saturated carbocycles. The van der Waals surface area contributed by atoms with Crippen LogP contribution in [-0.4, -0.2) is 45.5 Å². The van der Waals surface area contributed by atoms with E-state index in [1.165, 1.54) is 0 Å². The van der Waals surface area contributed by atoms with E-state index in [0.717, 1.165) is 11.4 Å². The first-order chi connectivity index (χ1) is 13.4. The number of hydrogen-bond acceptors (Lipinski definition) is 5. The Labute approximate surface area is 164 Å². The number of rotatable bonds is 5. The molecule has 0 unspecified atom stereocenters. The van der Waals surface area contributed by atoms with Gasteiger partial charge in [-0.3, -0.25) is 4.99 Å². The van der Waals surface area contributed by atoms with Crippen molar-refractivity contribution >= 4 is 17.4 Å². The molecule has 0 bridgehead atoms. The Balaban J connectivity index is 2.10. The van der Waals surface area contributed by atoms with Crippen LogP contribution < -0.4 is 10.5 Å². The van der Waals surface area contributed by atoms with E-state index >= 15 is 0 Å². The van der Waals surface area contributed by atoms with Crippen molar-refractivity contribution in [3.63, 3.8) is 0 Å². The van der Waals surface area contributed by atoms with Gasteiger partial charge in [-0.15, -0.1) is 0 Å². The molecule has 2 aromatic heterocycles. The van der Waals surface area contributed by atoms with Gasteiger partial charge in [0, 0.05) is 12.2 Å². The lowest BCUT2D eigenvalue weighted by Crippen LogP contribution is -2.12. The average Bonchev–Trinajstić information content (AvgIpc) is 2.97. The SMILES string of the molecule is C=C(OCC)c1cc2c(cn1)OCCn1cc(C(N=C(C)N)=NC(C)C)nc1-2. The van der Waals surface area contributed by atoms with Crippen LogP contribution in [0, 0.1) is 0 Å². The minimum absolute atomic E-state index is 0.0699. The Bertz CT molecular complexity index is 938. The van der Waals surface area contributed by atoms with Gasteiger partial charge >= 0.3 is 0 Å². The molecule has 0 aromatic carbocycles. The van der Waals surface area contributed by atoms with Crippen molar-refractivity contribution in [3.05, 3.63) is 36.4 Å². The number of nitrogens with zero attached hydrogens (tertiary/aromatic N) is 5. The zero-order chi connectivity index (χ0) is 20.3. The Morgan fingerprint density at radius 3 is 2.89 bits per heavy atom. The van der Waals surface area contributed by atoms with Crippen molar-refractivity contribution < 1.29 is 9.47 Å². The number of hydrogen-bond donors (Lipinski definition) is 1. The normalized spacial score (nSPS) is 14.2. The van der Waals surface area contributed by atoms with Gasteiger partial charge in [-0.25, -0.2) is 15.0 Å². The Morgan fingerprint density at radius 2 is 2.21 bits per heavy atom. The summed E-state index contributed by atoms with van der Waals surface area (Å²) in [5.41, 5.74) is 7.94. The van der Waals surface area contributed by atoms with Crippen LogP contribution in [0.4, 0.5) is 0 Å². The highest BCUT2D eigenvalue weighted by Gasteiger charge is 2.22. The summed E-state index contributed by atoms with van der Waals surface area (Å²) in [6.07, 6.45) is 3.61. The maximum Gasteiger partial charge on any atom is 0.177 e. The monoisotopic (exact) mass is 382 g/mol. The second-order valence-corrected chi connectivity index (χ2v) is 6.71. The van der Waals surface area contributed by atoms with E-state index in [9.17, 15) is 0 Å².